The van der Waals surface area contributed by atoms with Gasteiger partial charge in [-0.15, -0.1) is 5.06 Å². The average Bonchev–Trinajstić information content (AvgIpc) is 2.18. The molecule has 80 valence electrons. The van der Waals surface area contributed by atoms with E-state index in [1.807, 2.05) is 0 Å². The maximum atomic E-state index is 11.0. The first kappa shape index (κ1) is 11.0. The third kappa shape index (κ3) is 3.76. The number of aliphatic hydroxyl groups excluding tert-OH is 1. The Hall–Kier alpha value is -1.07. The summed E-state index contributed by atoms with van der Waals surface area (Å²) in [5.74, 6) is 0. The van der Waals surface area contributed by atoms with E-state index < -0.39 is 6.16 Å². The van der Waals surface area contributed by atoms with Crippen LogP contribution in [0.25, 0.3) is 0 Å². The lowest BCUT2D eigenvalue weighted by atomic mass is 10.1. The second-order valence-electron chi connectivity index (χ2n) is 3.10. The zero-order chi connectivity index (χ0) is 10.4. The standard InChI is InChI=1S/C9H15NO4/c1-2-7-13-9(12)14-10-5-3-8(11)4-6-10/h2,8,11H,1,3-7H2. The van der Waals surface area contributed by atoms with Crippen molar-refractivity contribution in [3.05, 3.63) is 12.7 Å². The maximum absolute atomic E-state index is 11.0. The van der Waals surface area contributed by atoms with Crippen molar-refractivity contribution in [1.82, 2.24) is 5.06 Å². The van der Waals surface area contributed by atoms with E-state index in [1.54, 1.807) is 0 Å². The molecule has 0 aliphatic carbocycles. The molecule has 0 aromatic rings. The van der Waals surface area contributed by atoms with Crippen molar-refractivity contribution in [3.63, 3.8) is 0 Å². The summed E-state index contributed by atoms with van der Waals surface area (Å²) < 4.78 is 4.64. The van der Waals surface area contributed by atoms with Crippen LogP contribution >= 0.6 is 0 Å². The summed E-state index contributed by atoms with van der Waals surface area (Å²) in [6, 6.07) is 0. The number of piperidine rings is 1. The van der Waals surface area contributed by atoms with Crippen LogP contribution in [0.1, 0.15) is 12.8 Å². The van der Waals surface area contributed by atoms with E-state index in [1.165, 1.54) is 11.1 Å². The van der Waals surface area contributed by atoms with Gasteiger partial charge in [0.15, 0.2) is 0 Å². The number of rotatable bonds is 3. The van der Waals surface area contributed by atoms with Crippen LogP contribution in [0, 0.1) is 0 Å². The first-order chi connectivity index (χ1) is 6.72. The van der Waals surface area contributed by atoms with E-state index in [0.29, 0.717) is 25.9 Å². The van der Waals surface area contributed by atoms with Gasteiger partial charge in [0, 0.05) is 13.1 Å². The van der Waals surface area contributed by atoms with E-state index >= 15 is 0 Å². The topological polar surface area (TPSA) is 59.0 Å². The molecule has 1 rings (SSSR count). The molecule has 0 bridgehead atoms. The summed E-state index contributed by atoms with van der Waals surface area (Å²) in [6.45, 7) is 4.65. The Balaban J connectivity index is 2.17. The zero-order valence-electron chi connectivity index (χ0n) is 8.02. The molecular weight excluding hydrogens is 186 g/mol. The predicted octanol–water partition coefficient (Wildman–Crippen LogP) is 0.697. The van der Waals surface area contributed by atoms with E-state index in [4.69, 9.17) is 4.84 Å². The van der Waals surface area contributed by atoms with E-state index in [0.717, 1.165) is 0 Å². The minimum absolute atomic E-state index is 0.148. The summed E-state index contributed by atoms with van der Waals surface area (Å²) in [5, 5.41) is 10.7. The van der Waals surface area contributed by atoms with Crippen molar-refractivity contribution in [2.45, 2.75) is 18.9 Å². The molecule has 0 aromatic carbocycles. The van der Waals surface area contributed by atoms with Crippen LogP contribution in [0.15, 0.2) is 12.7 Å². The van der Waals surface area contributed by atoms with Crippen molar-refractivity contribution in [2.75, 3.05) is 19.7 Å². The second kappa shape index (κ2) is 5.62. The predicted molar refractivity (Wildman–Crippen MR) is 49.4 cm³/mol. The SMILES string of the molecule is C=CCOC(=O)ON1CCC(O)CC1. The molecule has 1 saturated heterocycles. The summed E-state index contributed by atoms with van der Waals surface area (Å²) in [4.78, 5) is 15.8. The first-order valence-electron chi connectivity index (χ1n) is 4.61. The van der Waals surface area contributed by atoms with Crippen molar-refractivity contribution < 1.29 is 19.5 Å². The molecule has 1 aliphatic heterocycles. The molecular formula is C9H15NO4. The van der Waals surface area contributed by atoms with Gasteiger partial charge in [0.1, 0.15) is 6.61 Å². The summed E-state index contributed by atoms with van der Waals surface area (Å²) in [6.07, 6.45) is 1.71. The minimum Gasteiger partial charge on any atom is -0.429 e. The lowest BCUT2D eigenvalue weighted by Crippen LogP contribution is -2.37. The molecule has 5 nitrogen and oxygen atoms in total. The van der Waals surface area contributed by atoms with Crippen molar-refractivity contribution in [2.24, 2.45) is 0 Å². The van der Waals surface area contributed by atoms with Crippen LogP contribution in [0.2, 0.25) is 0 Å². The molecule has 1 fully saturated rings. The third-order valence-corrected chi connectivity index (χ3v) is 1.95. The summed E-state index contributed by atoms with van der Waals surface area (Å²) >= 11 is 0. The van der Waals surface area contributed by atoms with Crippen molar-refractivity contribution >= 4 is 6.16 Å². The Morgan fingerprint density at radius 1 is 1.57 bits per heavy atom. The molecule has 14 heavy (non-hydrogen) atoms. The normalized spacial score (nSPS) is 18.9. The van der Waals surface area contributed by atoms with Crippen molar-refractivity contribution in [3.8, 4) is 0 Å². The number of hydrogen-bond donors (Lipinski definition) is 1. The highest BCUT2D eigenvalue weighted by molar-refractivity contribution is 5.59. The molecule has 0 unspecified atom stereocenters. The highest BCUT2D eigenvalue weighted by Crippen LogP contribution is 2.10. The van der Waals surface area contributed by atoms with Gasteiger partial charge in [-0.05, 0) is 12.8 Å². The highest BCUT2D eigenvalue weighted by atomic mass is 16.8. The number of carbonyl (C=O) groups excluding carboxylic acids is 1. The Labute approximate surface area is 82.9 Å². The molecule has 1 N–H and O–H groups in total. The number of aliphatic hydroxyl groups is 1. The molecule has 0 atom stereocenters. The smallest absolute Gasteiger partial charge is 0.429 e. The quantitative estimate of drug-likeness (QED) is 0.538. The molecule has 1 aliphatic rings. The monoisotopic (exact) mass is 201 g/mol. The Morgan fingerprint density at radius 3 is 2.79 bits per heavy atom. The molecule has 0 aromatic heterocycles. The number of hydrogen-bond acceptors (Lipinski definition) is 5. The minimum atomic E-state index is -0.721. The lowest BCUT2D eigenvalue weighted by Gasteiger charge is -2.27. The van der Waals surface area contributed by atoms with Gasteiger partial charge in [-0.3, -0.25) is 0 Å². The fraction of sp³-hybridized carbons (Fsp3) is 0.667. The number of carbonyl (C=O) groups is 1. The highest BCUT2D eigenvalue weighted by Gasteiger charge is 2.20. The molecule has 1 heterocycles. The van der Waals surface area contributed by atoms with Gasteiger partial charge in [0.05, 0.1) is 6.10 Å². The van der Waals surface area contributed by atoms with Crippen LogP contribution in [-0.2, 0) is 9.57 Å². The summed E-state index contributed by atoms with van der Waals surface area (Å²) in [5.41, 5.74) is 0. The summed E-state index contributed by atoms with van der Waals surface area (Å²) in [7, 11) is 0. The Morgan fingerprint density at radius 2 is 2.21 bits per heavy atom. The molecule has 0 radical (unpaired) electrons. The molecule has 5 heteroatoms. The number of nitrogens with zero attached hydrogens (tertiary/aromatic N) is 1. The van der Waals surface area contributed by atoms with Crippen LogP contribution in [0.4, 0.5) is 4.79 Å². The number of hydroxylamine groups is 2. The van der Waals surface area contributed by atoms with E-state index in [9.17, 15) is 9.90 Å². The van der Waals surface area contributed by atoms with Gasteiger partial charge >= 0.3 is 6.16 Å². The lowest BCUT2D eigenvalue weighted by molar-refractivity contribution is -0.147. The molecule has 0 amide bonds. The first-order valence-corrected chi connectivity index (χ1v) is 4.61. The Bertz CT molecular complexity index is 199. The van der Waals surface area contributed by atoms with Gasteiger partial charge in [0.2, 0.25) is 0 Å². The van der Waals surface area contributed by atoms with Crippen LogP contribution in [0.5, 0.6) is 0 Å². The molecule has 0 saturated carbocycles. The van der Waals surface area contributed by atoms with Crippen LogP contribution in [0.3, 0.4) is 0 Å². The van der Waals surface area contributed by atoms with Gasteiger partial charge in [-0.1, -0.05) is 12.7 Å². The van der Waals surface area contributed by atoms with Gasteiger partial charge in [-0.2, -0.15) is 0 Å². The average molecular weight is 201 g/mol. The fourth-order valence-corrected chi connectivity index (χ4v) is 1.19. The number of ether oxygens (including phenoxy) is 1. The van der Waals surface area contributed by atoms with E-state index in [2.05, 4.69) is 11.3 Å². The van der Waals surface area contributed by atoms with Crippen LogP contribution < -0.4 is 0 Å². The van der Waals surface area contributed by atoms with Crippen molar-refractivity contribution in [1.29, 1.82) is 0 Å². The van der Waals surface area contributed by atoms with Gasteiger partial charge < -0.3 is 14.7 Å². The fourth-order valence-electron chi connectivity index (χ4n) is 1.19. The third-order valence-electron chi connectivity index (χ3n) is 1.95. The van der Waals surface area contributed by atoms with Crippen LogP contribution in [-0.4, -0.2) is 42.1 Å². The molecule has 0 spiro atoms. The van der Waals surface area contributed by atoms with Gasteiger partial charge in [0.25, 0.3) is 0 Å². The van der Waals surface area contributed by atoms with E-state index in [-0.39, 0.29) is 12.7 Å². The zero-order valence-corrected chi connectivity index (χ0v) is 8.02. The largest absolute Gasteiger partial charge is 0.528 e. The second-order valence-corrected chi connectivity index (χ2v) is 3.10. The van der Waals surface area contributed by atoms with Gasteiger partial charge in [-0.25, -0.2) is 4.79 Å². The maximum Gasteiger partial charge on any atom is 0.528 e. The Kier molecular flexibility index (Phi) is 4.42.